The average Bonchev–Trinajstić information content (AvgIpc) is 1.96. The van der Waals surface area contributed by atoms with Gasteiger partial charge < -0.3 is 10.8 Å². The normalized spacial score (nSPS) is 31.8. The maximum Gasteiger partial charge on any atom is 0.0870 e. The molecule has 0 saturated carbocycles. The molecule has 1 saturated heterocycles. The Hall–Kier alpha value is -0.190. The first-order chi connectivity index (χ1) is 5.59. The highest BCUT2D eigenvalue weighted by atomic mass is 32.1. The molecule has 1 aliphatic rings. The van der Waals surface area contributed by atoms with E-state index in [0.717, 1.165) is 13.0 Å². The van der Waals surface area contributed by atoms with E-state index in [1.165, 1.54) is 0 Å². The van der Waals surface area contributed by atoms with Crippen molar-refractivity contribution in [2.45, 2.75) is 19.4 Å². The Balaban J connectivity index is 2.35. The fourth-order valence-corrected chi connectivity index (χ4v) is 1.66. The molecule has 3 nitrogen and oxygen atoms in total. The third-order valence-electron chi connectivity index (χ3n) is 2.38. The van der Waals surface area contributed by atoms with Crippen molar-refractivity contribution in [2.75, 3.05) is 19.6 Å². The van der Waals surface area contributed by atoms with Gasteiger partial charge in [-0.3, -0.25) is 4.90 Å². The Kier molecular flexibility index (Phi) is 3.43. The third-order valence-corrected chi connectivity index (χ3v) is 2.51. The maximum atomic E-state index is 9.54. The van der Waals surface area contributed by atoms with Crippen LogP contribution in [0.4, 0.5) is 0 Å². The number of β-amino-alcohol motifs (C(OH)–C–C–N with tert-alkyl or cyclic N) is 1. The van der Waals surface area contributed by atoms with Gasteiger partial charge in [-0.25, -0.2) is 0 Å². The van der Waals surface area contributed by atoms with Gasteiger partial charge in [-0.15, -0.1) is 0 Å². The number of aliphatic hydroxyl groups excluding tert-OH is 1. The third kappa shape index (κ3) is 2.69. The van der Waals surface area contributed by atoms with E-state index >= 15 is 0 Å². The van der Waals surface area contributed by atoms with E-state index < -0.39 is 0 Å². The lowest BCUT2D eigenvalue weighted by atomic mass is 9.96. The number of aliphatic hydroxyl groups is 1. The summed E-state index contributed by atoms with van der Waals surface area (Å²) in [6.45, 7) is 4.41. The van der Waals surface area contributed by atoms with E-state index in [4.69, 9.17) is 18.0 Å². The molecule has 3 N–H and O–H groups in total. The summed E-state index contributed by atoms with van der Waals surface area (Å²) in [7, 11) is 0. The van der Waals surface area contributed by atoms with Gasteiger partial charge in [-0.05, 0) is 18.9 Å². The predicted molar refractivity (Wildman–Crippen MR) is 53.0 cm³/mol. The standard InChI is InChI=1S/C8H16N2OS/c1-6-2-3-10(4-7(6)11)5-8(9)12/h6-7,11H,2-5H2,1H3,(H2,9,12). The molecular formula is C8H16N2OS. The van der Waals surface area contributed by atoms with E-state index in [0.29, 0.717) is 24.0 Å². The Labute approximate surface area is 78.5 Å². The van der Waals surface area contributed by atoms with Gasteiger partial charge in [0.25, 0.3) is 0 Å². The van der Waals surface area contributed by atoms with Gasteiger partial charge in [0.1, 0.15) is 0 Å². The van der Waals surface area contributed by atoms with E-state index in [9.17, 15) is 5.11 Å². The molecule has 1 heterocycles. The van der Waals surface area contributed by atoms with Crippen molar-refractivity contribution >= 4 is 17.2 Å². The summed E-state index contributed by atoms with van der Waals surface area (Å²) in [5.41, 5.74) is 5.41. The van der Waals surface area contributed by atoms with Crippen LogP contribution in [0.25, 0.3) is 0 Å². The summed E-state index contributed by atoms with van der Waals surface area (Å²) in [4.78, 5) is 2.62. The lowest BCUT2D eigenvalue weighted by molar-refractivity contribution is 0.0360. The van der Waals surface area contributed by atoms with Crippen LogP contribution in [-0.2, 0) is 0 Å². The van der Waals surface area contributed by atoms with E-state index in [2.05, 4.69) is 11.8 Å². The van der Waals surface area contributed by atoms with Gasteiger partial charge in [0.2, 0.25) is 0 Å². The molecule has 0 aromatic rings. The zero-order valence-corrected chi connectivity index (χ0v) is 8.18. The zero-order valence-electron chi connectivity index (χ0n) is 7.36. The van der Waals surface area contributed by atoms with Crippen LogP contribution in [0.1, 0.15) is 13.3 Å². The first kappa shape index (κ1) is 9.89. The van der Waals surface area contributed by atoms with Gasteiger partial charge in [-0.1, -0.05) is 19.1 Å². The Morgan fingerprint density at radius 1 is 1.75 bits per heavy atom. The van der Waals surface area contributed by atoms with Crippen LogP contribution in [-0.4, -0.2) is 40.7 Å². The fraction of sp³-hybridized carbons (Fsp3) is 0.875. The first-order valence-electron chi connectivity index (χ1n) is 4.28. The number of nitrogens with zero attached hydrogens (tertiary/aromatic N) is 1. The van der Waals surface area contributed by atoms with E-state index in [1.54, 1.807) is 0 Å². The molecule has 2 unspecified atom stereocenters. The van der Waals surface area contributed by atoms with Crippen molar-refractivity contribution < 1.29 is 5.11 Å². The fourth-order valence-electron chi connectivity index (χ4n) is 1.48. The van der Waals surface area contributed by atoms with Gasteiger partial charge in [0.05, 0.1) is 11.1 Å². The largest absolute Gasteiger partial charge is 0.392 e. The van der Waals surface area contributed by atoms with Crippen LogP contribution < -0.4 is 5.73 Å². The molecule has 0 spiro atoms. The molecule has 0 radical (unpaired) electrons. The average molecular weight is 188 g/mol. The van der Waals surface area contributed by atoms with Crippen molar-refractivity contribution in [3.63, 3.8) is 0 Å². The number of thiocarbonyl (C=S) groups is 1. The first-order valence-corrected chi connectivity index (χ1v) is 4.69. The quantitative estimate of drug-likeness (QED) is 0.598. The molecule has 1 rings (SSSR count). The van der Waals surface area contributed by atoms with Crippen LogP contribution in [0.15, 0.2) is 0 Å². The summed E-state index contributed by atoms with van der Waals surface area (Å²) in [6, 6.07) is 0. The highest BCUT2D eigenvalue weighted by molar-refractivity contribution is 7.80. The molecule has 0 amide bonds. The molecule has 70 valence electrons. The maximum absolute atomic E-state index is 9.54. The number of likely N-dealkylation sites (tertiary alicyclic amines) is 1. The zero-order chi connectivity index (χ0) is 9.14. The number of hydrogen-bond donors (Lipinski definition) is 2. The van der Waals surface area contributed by atoms with E-state index in [-0.39, 0.29) is 6.10 Å². The van der Waals surface area contributed by atoms with Crippen molar-refractivity contribution in [1.29, 1.82) is 0 Å². The molecule has 1 aliphatic heterocycles. The molecule has 1 fully saturated rings. The van der Waals surface area contributed by atoms with Crippen LogP contribution in [0.2, 0.25) is 0 Å². The molecule has 0 bridgehead atoms. The molecule has 12 heavy (non-hydrogen) atoms. The number of rotatable bonds is 2. The summed E-state index contributed by atoms with van der Waals surface area (Å²) in [5, 5.41) is 9.54. The van der Waals surface area contributed by atoms with Crippen molar-refractivity contribution in [1.82, 2.24) is 4.90 Å². The predicted octanol–water partition coefficient (Wildman–Crippen LogP) is -0.0248. The molecular weight excluding hydrogens is 172 g/mol. The van der Waals surface area contributed by atoms with Crippen molar-refractivity contribution in [2.24, 2.45) is 11.7 Å². The molecule has 2 atom stereocenters. The van der Waals surface area contributed by atoms with Gasteiger partial charge in [-0.2, -0.15) is 0 Å². The SMILES string of the molecule is CC1CCN(CC(N)=S)CC1O. The van der Waals surface area contributed by atoms with Gasteiger partial charge in [0, 0.05) is 13.1 Å². The minimum Gasteiger partial charge on any atom is -0.392 e. The molecule has 4 heteroatoms. The second-order valence-electron chi connectivity index (χ2n) is 3.53. The Morgan fingerprint density at radius 3 is 2.92 bits per heavy atom. The Morgan fingerprint density at radius 2 is 2.42 bits per heavy atom. The molecule has 0 aromatic heterocycles. The lowest BCUT2D eigenvalue weighted by Crippen LogP contribution is -2.45. The minimum absolute atomic E-state index is 0.215. The van der Waals surface area contributed by atoms with Crippen molar-refractivity contribution in [3.05, 3.63) is 0 Å². The summed E-state index contributed by atoms with van der Waals surface area (Å²) < 4.78 is 0. The second-order valence-corrected chi connectivity index (χ2v) is 4.06. The van der Waals surface area contributed by atoms with Crippen LogP contribution in [0.5, 0.6) is 0 Å². The number of hydrogen-bond acceptors (Lipinski definition) is 3. The smallest absolute Gasteiger partial charge is 0.0870 e. The second kappa shape index (κ2) is 4.16. The minimum atomic E-state index is -0.215. The number of nitrogens with two attached hydrogens (primary N) is 1. The van der Waals surface area contributed by atoms with Gasteiger partial charge >= 0.3 is 0 Å². The van der Waals surface area contributed by atoms with Crippen LogP contribution >= 0.6 is 12.2 Å². The summed E-state index contributed by atoms with van der Waals surface area (Å²) >= 11 is 4.80. The number of piperidine rings is 1. The monoisotopic (exact) mass is 188 g/mol. The summed E-state index contributed by atoms with van der Waals surface area (Å²) in [5.74, 6) is 0.410. The highest BCUT2D eigenvalue weighted by Crippen LogP contribution is 2.16. The van der Waals surface area contributed by atoms with Crippen LogP contribution in [0, 0.1) is 5.92 Å². The highest BCUT2D eigenvalue weighted by Gasteiger charge is 2.23. The topological polar surface area (TPSA) is 49.5 Å². The van der Waals surface area contributed by atoms with E-state index in [1.807, 2.05) is 0 Å². The Bertz CT molecular complexity index is 174. The van der Waals surface area contributed by atoms with Gasteiger partial charge in [0.15, 0.2) is 0 Å². The summed E-state index contributed by atoms with van der Waals surface area (Å²) in [6.07, 6.45) is 0.817. The lowest BCUT2D eigenvalue weighted by Gasteiger charge is -2.33. The van der Waals surface area contributed by atoms with Crippen molar-refractivity contribution in [3.8, 4) is 0 Å². The van der Waals surface area contributed by atoms with Crippen LogP contribution in [0.3, 0.4) is 0 Å². The molecule has 0 aromatic carbocycles. The molecule has 0 aliphatic carbocycles.